The third-order valence-corrected chi connectivity index (χ3v) is 4.87. The standard InChI is InChI=1S/C18H18FN3O3S/c1-4-26-18-21-15-14(16(23)22-18)13(10-5-7-11(19)8-6-10)12(9(2)20-15)17(24)25-3/h5-8,13H,4H2,1-3H3,(H2,20,21,22,23)/t13-/m0/s1. The number of ether oxygens (including phenoxy) is 1. The van der Waals surface area contributed by atoms with E-state index in [-0.39, 0.29) is 5.56 Å². The van der Waals surface area contributed by atoms with Gasteiger partial charge in [0.05, 0.1) is 24.2 Å². The van der Waals surface area contributed by atoms with Crippen LogP contribution < -0.4 is 10.9 Å². The monoisotopic (exact) mass is 375 g/mol. The molecule has 2 N–H and O–H groups in total. The number of carbonyl (C=O) groups is 1. The normalized spacial score (nSPS) is 16.1. The van der Waals surface area contributed by atoms with Crippen molar-refractivity contribution in [2.24, 2.45) is 0 Å². The van der Waals surface area contributed by atoms with E-state index in [0.29, 0.717) is 33.4 Å². The number of allylic oxidation sites excluding steroid dienone is 1. The zero-order chi connectivity index (χ0) is 18.8. The molecule has 1 aromatic carbocycles. The summed E-state index contributed by atoms with van der Waals surface area (Å²) >= 11 is 1.41. The van der Waals surface area contributed by atoms with Crippen LogP contribution in [0.25, 0.3) is 0 Å². The number of nitrogens with zero attached hydrogens (tertiary/aromatic N) is 1. The minimum atomic E-state index is -0.698. The number of hydrogen-bond donors (Lipinski definition) is 2. The maximum Gasteiger partial charge on any atom is 0.336 e. The number of esters is 1. The number of fused-ring (bicyclic) bond motifs is 1. The molecule has 1 aliphatic heterocycles. The van der Waals surface area contributed by atoms with Gasteiger partial charge in [0.25, 0.3) is 5.56 Å². The Morgan fingerprint density at radius 2 is 2.04 bits per heavy atom. The van der Waals surface area contributed by atoms with Crippen LogP contribution in [0, 0.1) is 5.82 Å². The third kappa shape index (κ3) is 3.24. The van der Waals surface area contributed by atoms with E-state index in [1.54, 1.807) is 19.1 Å². The van der Waals surface area contributed by atoms with Gasteiger partial charge in [0.15, 0.2) is 5.16 Å². The van der Waals surface area contributed by atoms with Crippen LogP contribution in [0.15, 0.2) is 45.5 Å². The van der Waals surface area contributed by atoms with E-state index in [1.165, 1.54) is 31.0 Å². The van der Waals surface area contributed by atoms with Crippen LogP contribution in [0.3, 0.4) is 0 Å². The molecule has 2 heterocycles. The SMILES string of the molecule is CCSc1nc2c(c(=O)[nH]1)[C@@H](c1ccc(F)cc1)C(C(=O)OC)=C(C)N2. The number of hydrogen-bond acceptors (Lipinski definition) is 6. The van der Waals surface area contributed by atoms with Gasteiger partial charge in [0.1, 0.15) is 11.6 Å². The lowest BCUT2D eigenvalue weighted by atomic mass is 9.82. The van der Waals surface area contributed by atoms with E-state index in [2.05, 4.69) is 15.3 Å². The van der Waals surface area contributed by atoms with Gasteiger partial charge in [-0.1, -0.05) is 30.8 Å². The number of rotatable bonds is 4. The first-order valence-electron chi connectivity index (χ1n) is 8.04. The number of aromatic nitrogens is 2. The van der Waals surface area contributed by atoms with Gasteiger partial charge in [-0.25, -0.2) is 14.2 Å². The number of thioether (sulfide) groups is 1. The highest BCUT2D eigenvalue weighted by Gasteiger charge is 2.36. The van der Waals surface area contributed by atoms with Crippen LogP contribution in [-0.2, 0) is 9.53 Å². The zero-order valence-corrected chi connectivity index (χ0v) is 15.4. The molecule has 8 heteroatoms. The van der Waals surface area contributed by atoms with Crippen molar-refractivity contribution in [3.63, 3.8) is 0 Å². The minimum absolute atomic E-state index is 0.301. The molecule has 1 aliphatic rings. The number of methoxy groups -OCH3 is 1. The third-order valence-electron chi connectivity index (χ3n) is 4.11. The molecule has 0 bridgehead atoms. The first-order chi connectivity index (χ1) is 12.5. The first kappa shape index (κ1) is 18.2. The second-order valence-corrected chi connectivity index (χ2v) is 6.96. The molecule has 0 unspecified atom stereocenters. The fraction of sp³-hybridized carbons (Fsp3) is 0.278. The minimum Gasteiger partial charge on any atom is -0.466 e. The van der Waals surface area contributed by atoms with Crippen LogP contribution in [0.4, 0.5) is 10.2 Å². The fourth-order valence-electron chi connectivity index (χ4n) is 3.01. The molecular weight excluding hydrogens is 357 g/mol. The van der Waals surface area contributed by atoms with Crippen molar-refractivity contribution in [3.05, 3.63) is 62.8 Å². The number of H-pyrrole nitrogens is 1. The van der Waals surface area contributed by atoms with Gasteiger partial charge in [0, 0.05) is 5.70 Å². The van der Waals surface area contributed by atoms with Crippen molar-refractivity contribution in [2.45, 2.75) is 24.9 Å². The number of nitrogens with one attached hydrogen (secondary N) is 2. The van der Waals surface area contributed by atoms with Gasteiger partial charge >= 0.3 is 5.97 Å². The van der Waals surface area contributed by atoms with E-state index in [9.17, 15) is 14.0 Å². The number of anilines is 1. The van der Waals surface area contributed by atoms with Gasteiger partial charge in [-0.2, -0.15) is 0 Å². The summed E-state index contributed by atoms with van der Waals surface area (Å²) in [5, 5.41) is 3.53. The molecular formula is C18H18FN3O3S. The summed E-state index contributed by atoms with van der Waals surface area (Å²) in [6, 6.07) is 5.70. The predicted molar refractivity (Wildman–Crippen MR) is 97.8 cm³/mol. The van der Waals surface area contributed by atoms with Gasteiger partial charge in [-0.05, 0) is 30.4 Å². The molecule has 136 valence electrons. The Labute approximate surface area is 153 Å². The Balaban J connectivity index is 2.25. The van der Waals surface area contributed by atoms with E-state index in [1.807, 2.05) is 6.92 Å². The largest absolute Gasteiger partial charge is 0.466 e. The lowest BCUT2D eigenvalue weighted by Gasteiger charge is -2.28. The summed E-state index contributed by atoms with van der Waals surface area (Å²) in [4.78, 5) is 32.4. The highest BCUT2D eigenvalue weighted by Crippen LogP contribution is 2.39. The fourth-order valence-corrected chi connectivity index (χ4v) is 3.60. The number of carbonyl (C=O) groups excluding carboxylic acids is 1. The van der Waals surface area contributed by atoms with Crippen LogP contribution in [0.5, 0.6) is 0 Å². The van der Waals surface area contributed by atoms with Crippen molar-refractivity contribution in [2.75, 3.05) is 18.2 Å². The maximum absolute atomic E-state index is 13.4. The summed E-state index contributed by atoms with van der Waals surface area (Å²) in [7, 11) is 1.28. The van der Waals surface area contributed by atoms with E-state index >= 15 is 0 Å². The van der Waals surface area contributed by atoms with Crippen molar-refractivity contribution in [3.8, 4) is 0 Å². The second kappa shape index (κ2) is 7.33. The molecule has 3 rings (SSSR count). The summed E-state index contributed by atoms with van der Waals surface area (Å²) < 4.78 is 18.3. The molecule has 26 heavy (non-hydrogen) atoms. The van der Waals surface area contributed by atoms with Gasteiger partial charge < -0.3 is 15.0 Å². The van der Waals surface area contributed by atoms with Crippen LogP contribution >= 0.6 is 11.8 Å². The predicted octanol–water partition coefficient (Wildman–Crippen LogP) is 3.03. The lowest BCUT2D eigenvalue weighted by Crippen LogP contribution is -2.31. The van der Waals surface area contributed by atoms with Crippen molar-refractivity contribution >= 4 is 23.5 Å². The first-order valence-corrected chi connectivity index (χ1v) is 9.03. The molecule has 0 saturated heterocycles. The average Bonchev–Trinajstić information content (AvgIpc) is 2.61. The van der Waals surface area contributed by atoms with E-state index in [0.717, 1.165) is 5.75 Å². The molecule has 2 aromatic rings. The summed E-state index contributed by atoms with van der Waals surface area (Å²) in [6.07, 6.45) is 0. The molecule has 0 aliphatic carbocycles. The molecule has 1 aromatic heterocycles. The Hall–Kier alpha value is -2.61. The summed E-state index contributed by atoms with van der Waals surface area (Å²) in [5.74, 6) is -0.502. The topological polar surface area (TPSA) is 84.1 Å². The smallest absolute Gasteiger partial charge is 0.336 e. The Kier molecular flexibility index (Phi) is 5.13. The van der Waals surface area contributed by atoms with Gasteiger partial charge in [-0.3, -0.25) is 4.79 Å². The Morgan fingerprint density at radius 1 is 1.35 bits per heavy atom. The van der Waals surface area contributed by atoms with Gasteiger partial charge in [0.2, 0.25) is 0 Å². The van der Waals surface area contributed by atoms with Crippen LogP contribution in [-0.4, -0.2) is 28.8 Å². The highest BCUT2D eigenvalue weighted by atomic mass is 32.2. The lowest BCUT2D eigenvalue weighted by molar-refractivity contribution is -0.136. The second-order valence-electron chi connectivity index (χ2n) is 5.71. The maximum atomic E-state index is 13.4. The van der Waals surface area contributed by atoms with Crippen LogP contribution in [0.1, 0.15) is 30.9 Å². The molecule has 6 nitrogen and oxygen atoms in total. The summed E-state index contributed by atoms with van der Waals surface area (Å²) in [5.41, 5.74) is 1.42. The summed E-state index contributed by atoms with van der Waals surface area (Å²) in [6.45, 7) is 3.68. The number of aromatic amines is 1. The van der Waals surface area contributed by atoms with Crippen molar-refractivity contribution in [1.29, 1.82) is 0 Å². The molecule has 0 radical (unpaired) electrons. The zero-order valence-electron chi connectivity index (χ0n) is 14.6. The Morgan fingerprint density at radius 3 is 2.65 bits per heavy atom. The molecule has 0 amide bonds. The van der Waals surface area contributed by atoms with E-state index < -0.39 is 17.7 Å². The quantitative estimate of drug-likeness (QED) is 0.485. The Bertz CT molecular complexity index is 938. The molecule has 0 saturated carbocycles. The van der Waals surface area contributed by atoms with E-state index in [4.69, 9.17) is 4.74 Å². The molecule has 0 spiro atoms. The van der Waals surface area contributed by atoms with Crippen molar-refractivity contribution in [1.82, 2.24) is 9.97 Å². The number of halogens is 1. The average molecular weight is 375 g/mol. The molecule has 1 atom stereocenters. The van der Waals surface area contributed by atoms with Gasteiger partial charge in [-0.15, -0.1) is 0 Å². The highest BCUT2D eigenvalue weighted by molar-refractivity contribution is 7.99. The van der Waals surface area contributed by atoms with Crippen molar-refractivity contribution < 1.29 is 13.9 Å². The van der Waals surface area contributed by atoms with Crippen LogP contribution in [0.2, 0.25) is 0 Å². The molecule has 0 fully saturated rings. The number of benzene rings is 1.